The van der Waals surface area contributed by atoms with E-state index in [0.29, 0.717) is 18.4 Å². The van der Waals surface area contributed by atoms with Crippen molar-refractivity contribution in [2.24, 2.45) is 11.8 Å². The number of hydrogen-bond acceptors (Lipinski definition) is 3. The highest BCUT2D eigenvalue weighted by Gasteiger charge is 2.19. The van der Waals surface area contributed by atoms with Crippen molar-refractivity contribution in [2.45, 2.75) is 19.8 Å². The van der Waals surface area contributed by atoms with Crippen molar-refractivity contribution < 1.29 is 9.53 Å². The van der Waals surface area contributed by atoms with Crippen LogP contribution in [0.25, 0.3) is 0 Å². The van der Waals surface area contributed by atoms with Crippen molar-refractivity contribution in [3.63, 3.8) is 0 Å². The molecule has 4 heteroatoms. The lowest BCUT2D eigenvalue weighted by molar-refractivity contribution is 0.0605. The van der Waals surface area contributed by atoms with Crippen LogP contribution in [-0.2, 0) is 4.74 Å². The van der Waals surface area contributed by atoms with Gasteiger partial charge in [-0.15, -0.1) is 11.3 Å². The molecule has 0 spiro atoms. The summed E-state index contributed by atoms with van der Waals surface area (Å²) < 4.78 is 6.46. The number of rotatable bonds is 5. The summed E-state index contributed by atoms with van der Waals surface area (Å²) in [5.74, 6) is 1.27. The van der Waals surface area contributed by atoms with Gasteiger partial charge >= 0.3 is 0 Å². The van der Waals surface area contributed by atoms with E-state index in [1.807, 2.05) is 11.4 Å². The summed E-state index contributed by atoms with van der Waals surface area (Å²) in [7, 11) is 0. The van der Waals surface area contributed by atoms with Gasteiger partial charge in [-0.3, -0.25) is 4.79 Å². The number of ether oxygens (including phenoxy) is 1. The first-order valence-corrected chi connectivity index (χ1v) is 7.84. The maximum atomic E-state index is 11.9. The zero-order chi connectivity index (χ0) is 13.0. The molecule has 0 bridgehead atoms. The lowest BCUT2D eigenvalue weighted by Crippen LogP contribution is -2.21. The Labute approximate surface area is 120 Å². The molecule has 1 aromatic rings. The molecule has 0 fully saturated rings. The molecule has 0 amide bonds. The molecule has 2 nitrogen and oxygen atoms in total. The van der Waals surface area contributed by atoms with Crippen LogP contribution < -0.4 is 0 Å². The summed E-state index contributed by atoms with van der Waals surface area (Å²) >= 11 is 4.83. The molecule has 1 aliphatic carbocycles. The molecule has 98 valence electrons. The van der Waals surface area contributed by atoms with Crippen molar-refractivity contribution in [3.05, 3.63) is 32.9 Å². The van der Waals surface area contributed by atoms with E-state index >= 15 is 0 Å². The smallest absolute Gasteiger partial charge is 0.199 e. The Balaban J connectivity index is 1.77. The molecule has 0 saturated heterocycles. The minimum absolute atomic E-state index is 0.0656. The number of halogens is 1. The van der Waals surface area contributed by atoms with E-state index in [4.69, 9.17) is 4.74 Å². The van der Waals surface area contributed by atoms with Crippen molar-refractivity contribution >= 4 is 33.0 Å². The first-order chi connectivity index (χ1) is 8.68. The molecule has 1 heterocycles. The highest BCUT2D eigenvalue weighted by molar-refractivity contribution is 9.10. The molecule has 1 aliphatic rings. The predicted molar refractivity (Wildman–Crippen MR) is 78.2 cm³/mol. The Hall–Kier alpha value is -0.450. The molecular formula is C14H17BrO2S. The first kappa shape index (κ1) is 14.0. The van der Waals surface area contributed by atoms with Gasteiger partial charge in [0.15, 0.2) is 5.78 Å². The van der Waals surface area contributed by atoms with Crippen LogP contribution in [0.15, 0.2) is 28.1 Å². The molecule has 1 aromatic heterocycles. The topological polar surface area (TPSA) is 26.3 Å². The van der Waals surface area contributed by atoms with E-state index in [0.717, 1.165) is 22.2 Å². The molecule has 2 unspecified atom stereocenters. The molecule has 2 rings (SSSR count). The highest BCUT2D eigenvalue weighted by Crippen LogP contribution is 2.26. The quantitative estimate of drug-likeness (QED) is 0.594. The number of allylic oxidation sites excluding steroid dienone is 2. The van der Waals surface area contributed by atoms with Gasteiger partial charge in [-0.1, -0.05) is 19.1 Å². The molecule has 0 N–H and O–H groups in total. The van der Waals surface area contributed by atoms with Crippen LogP contribution in [-0.4, -0.2) is 19.0 Å². The fourth-order valence-corrected chi connectivity index (χ4v) is 3.62. The third kappa shape index (κ3) is 3.53. The maximum Gasteiger partial charge on any atom is 0.199 e. The molecule has 18 heavy (non-hydrogen) atoms. The van der Waals surface area contributed by atoms with Crippen molar-refractivity contribution in [3.8, 4) is 0 Å². The molecule has 0 saturated carbocycles. The second-order valence-electron chi connectivity index (χ2n) is 4.72. The average Bonchev–Trinajstić information content (AvgIpc) is 2.78. The van der Waals surface area contributed by atoms with E-state index in [1.54, 1.807) is 0 Å². The maximum absolute atomic E-state index is 11.9. The number of thiophene rings is 1. The van der Waals surface area contributed by atoms with E-state index < -0.39 is 0 Å². The van der Waals surface area contributed by atoms with Crippen LogP contribution in [0, 0.1) is 11.8 Å². The minimum Gasteiger partial charge on any atom is -0.373 e. The third-order valence-corrected chi connectivity index (χ3v) is 5.23. The standard InChI is InChI=1S/C14H17BrO2S/c1-10-4-2-3-5-11(10)8-17-9-13(16)14-12(15)6-7-18-14/h2-3,6-7,10-11H,4-5,8-9H2,1H3. The summed E-state index contributed by atoms with van der Waals surface area (Å²) in [6, 6.07) is 1.89. The van der Waals surface area contributed by atoms with E-state index in [9.17, 15) is 4.79 Å². The second kappa shape index (κ2) is 6.64. The zero-order valence-corrected chi connectivity index (χ0v) is 12.8. The Kier molecular flexibility index (Phi) is 5.15. The van der Waals surface area contributed by atoms with Crippen molar-refractivity contribution in [2.75, 3.05) is 13.2 Å². The Morgan fingerprint density at radius 1 is 1.50 bits per heavy atom. The minimum atomic E-state index is 0.0656. The van der Waals surface area contributed by atoms with Gasteiger partial charge in [0.25, 0.3) is 0 Å². The molecule has 2 atom stereocenters. The zero-order valence-electron chi connectivity index (χ0n) is 10.4. The highest BCUT2D eigenvalue weighted by atomic mass is 79.9. The first-order valence-electron chi connectivity index (χ1n) is 6.17. The molecule has 0 aliphatic heterocycles. The number of carbonyl (C=O) groups excluding carboxylic acids is 1. The Morgan fingerprint density at radius 2 is 2.28 bits per heavy atom. The number of Topliss-reactive ketones (excluding diaryl/α,β-unsaturated/α-hetero) is 1. The van der Waals surface area contributed by atoms with Gasteiger partial charge in [0, 0.05) is 4.47 Å². The number of carbonyl (C=O) groups is 1. The lowest BCUT2D eigenvalue weighted by Gasteiger charge is -2.24. The fraction of sp³-hybridized carbons (Fsp3) is 0.500. The van der Waals surface area contributed by atoms with E-state index in [1.165, 1.54) is 11.3 Å². The molecule has 0 radical (unpaired) electrons. The normalized spacial score (nSPS) is 23.2. The van der Waals surface area contributed by atoms with Gasteiger partial charge in [-0.05, 0) is 52.1 Å². The van der Waals surface area contributed by atoms with Crippen LogP contribution >= 0.6 is 27.3 Å². The summed E-state index contributed by atoms with van der Waals surface area (Å²) in [4.78, 5) is 12.6. The Morgan fingerprint density at radius 3 is 2.94 bits per heavy atom. The van der Waals surface area contributed by atoms with Crippen molar-refractivity contribution in [1.82, 2.24) is 0 Å². The third-order valence-electron chi connectivity index (χ3n) is 3.35. The lowest BCUT2D eigenvalue weighted by atomic mass is 9.85. The van der Waals surface area contributed by atoms with Gasteiger partial charge in [0.1, 0.15) is 6.61 Å². The van der Waals surface area contributed by atoms with E-state index in [2.05, 4.69) is 35.0 Å². The summed E-state index contributed by atoms with van der Waals surface area (Å²) in [5, 5.41) is 1.91. The van der Waals surface area contributed by atoms with Crippen LogP contribution in [0.4, 0.5) is 0 Å². The summed E-state index contributed by atoms with van der Waals surface area (Å²) in [5.41, 5.74) is 0. The second-order valence-corrected chi connectivity index (χ2v) is 6.49. The van der Waals surface area contributed by atoms with Gasteiger partial charge in [0.05, 0.1) is 11.5 Å². The monoisotopic (exact) mass is 328 g/mol. The Bertz CT molecular complexity index is 439. The van der Waals surface area contributed by atoms with Gasteiger partial charge < -0.3 is 4.74 Å². The van der Waals surface area contributed by atoms with E-state index in [-0.39, 0.29) is 12.4 Å². The SMILES string of the molecule is CC1CC=CCC1COCC(=O)c1sccc1Br. The fourth-order valence-electron chi connectivity index (χ4n) is 2.10. The largest absolute Gasteiger partial charge is 0.373 e. The van der Waals surface area contributed by atoms with Crippen LogP contribution in [0.5, 0.6) is 0 Å². The summed E-state index contributed by atoms with van der Waals surface area (Å²) in [6.45, 7) is 3.11. The van der Waals surface area contributed by atoms with Gasteiger partial charge in [-0.2, -0.15) is 0 Å². The average molecular weight is 329 g/mol. The predicted octanol–water partition coefficient (Wildman–Crippen LogP) is 4.31. The molecule has 0 aromatic carbocycles. The van der Waals surface area contributed by atoms with Crippen molar-refractivity contribution in [1.29, 1.82) is 0 Å². The number of ketones is 1. The van der Waals surface area contributed by atoms with Crippen LogP contribution in [0.1, 0.15) is 29.4 Å². The van der Waals surface area contributed by atoms with Gasteiger partial charge in [-0.25, -0.2) is 0 Å². The summed E-state index contributed by atoms with van der Waals surface area (Å²) in [6.07, 6.45) is 6.64. The van der Waals surface area contributed by atoms with Gasteiger partial charge in [0.2, 0.25) is 0 Å². The number of hydrogen-bond donors (Lipinski definition) is 0. The van der Waals surface area contributed by atoms with Crippen LogP contribution in [0.2, 0.25) is 0 Å². The van der Waals surface area contributed by atoms with Crippen LogP contribution in [0.3, 0.4) is 0 Å². The molecular weight excluding hydrogens is 312 g/mol.